The Hall–Kier alpha value is -2.97. The first kappa shape index (κ1) is 27.1. The number of carbonyl (C=O) groups excluding carboxylic acids is 1. The monoisotopic (exact) mass is 506 g/mol. The Labute approximate surface area is 221 Å². The summed E-state index contributed by atoms with van der Waals surface area (Å²) in [5, 5.41) is 3.48. The molecule has 8 nitrogen and oxygen atoms in total. The topological polar surface area (TPSA) is 75.5 Å². The molecule has 1 aliphatic rings. The Balaban J connectivity index is 1.64. The summed E-state index contributed by atoms with van der Waals surface area (Å²) in [7, 11) is 0. The predicted octanol–water partition coefficient (Wildman–Crippen LogP) is 5.22. The smallest absolute Gasteiger partial charge is 0.209 e. The third-order valence-electron chi connectivity index (χ3n) is 6.58. The van der Waals surface area contributed by atoms with Gasteiger partial charge in [0.25, 0.3) is 0 Å². The van der Waals surface area contributed by atoms with Gasteiger partial charge in [0, 0.05) is 50.5 Å². The minimum atomic E-state index is 0.0611. The molecule has 1 aromatic carbocycles. The number of morpholine rings is 1. The Morgan fingerprint density at radius 2 is 1.65 bits per heavy atom. The number of benzene rings is 1. The van der Waals surface area contributed by atoms with Crippen LogP contribution in [0, 0.1) is 11.8 Å². The van der Waals surface area contributed by atoms with Gasteiger partial charge in [-0.1, -0.05) is 27.7 Å². The second-order valence-corrected chi connectivity index (χ2v) is 10.9. The van der Waals surface area contributed by atoms with Gasteiger partial charge in [0.2, 0.25) is 5.95 Å². The van der Waals surface area contributed by atoms with E-state index in [9.17, 15) is 4.79 Å². The van der Waals surface area contributed by atoms with Gasteiger partial charge < -0.3 is 15.0 Å². The Morgan fingerprint density at radius 3 is 2.27 bits per heavy atom. The van der Waals surface area contributed by atoms with E-state index in [4.69, 9.17) is 14.7 Å². The normalized spacial score (nSPS) is 14.6. The highest BCUT2D eigenvalue weighted by atomic mass is 16.5. The molecule has 200 valence electrons. The van der Waals surface area contributed by atoms with Gasteiger partial charge in [-0.05, 0) is 61.6 Å². The SMILES string of the molecule is CC(=O)c1ccc(Nc2nc3ccc(N(CC(C)C)CC(C)C)nc3n2CCCN2CCOCC2)cc1. The van der Waals surface area contributed by atoms with Crippen LogP contribution in [0.1, 0.15) is 51.4 Å². The number of Topliss-reactive ketones (excluding diaryl/α,β-unsaturated/α-hetero) is 1. The Morgan fingerprint density at radius 1 is 0.973 bits per heavy atom. The number of hydrogen-bond donors (Lipinski definition) is 1. The molecule has 0 spiro atoms. The summed E-state index contributed by atoms with van der Waals surface area (Å²) in [6.45, 7) is 17.9. The zero-order chi connectivity index (χ0) is 26.4. The maximum atomic E-state index is 11.7. The number of ether oxygens (including phenoxy) is 1. The molecule has 4 rings (SSSR count). The average molecular weight is 507 g/mol. The van der Waals surface area contributed by atoms with Gasteiger partial charge >= 0.3 is 0 Å². The Bertz CT molecular complexity index is 1160. The molecule has 0 unspecified atom stereocenters. The van der Waals surface area contributed by atoms with E-state index in [1.807, 2.05) is 24.3 Å². The largest absolute Gasteiger partial charge is 0.379 e. The number of nitrogens with one attached hydrogen (secondary N) is 1. The molecule has 2 aromatic heterocycles. The maximum Gasteiger partial charge on any atom is 0.209 e. The van der Waals surface area contributed by atoms with Crippen LogP contribution in [0.3, 0.4) is 0 Å². The van der Waals surface area contributed by atoms with Gasteiger partial charge in [-0.15, -0.1) is 0 Å². The fourth-order valence-electron chi connectivity index (χ4n) is 4.81. The molecule has 3 aromatic rings. The molecule has 1 N–H and O–H groups in total. The van der Waals surface area contributed by atoms with Gasteiger partial charge in [-0.2, -0.15) is 0 Å². The molecule has 1 aliphatic heterocycles. The first-order valence-electron chi connectivity index (χ1n) is 13.6. The number of fused-ring (bicyclic) bond motifs is 1. The Kier molecular flexibility index (Phi) is 9.16. The molecule has 0 amide bonds. The van der Waals surface area contributed by atoms with Crippen molar-refractivity contribution >= 4 is 34.4 Å². The van der Waals surface area contributed by atoms with Crippen LogP contribution in [-0.2, 0) is 11.3 Å². The summed E-state index contributed by atoms with van der Waals surface area (Å²) < 4.78 is 7.72. The highest BCUT2D eigenvalue weighted by Crippen LogP contribution is 2.26. The lowest BCUT2D eigenvalue weighted by atomic mass is 10.1. The van der Waals surface area contributed by atoms with E-state index in [1.54, 1.807) is 6.92 Å². The van der Waals surface area contributed by atoms with Gasteiger partial charge in [-0.25, -0.2) is 9.97 Å². The average Bonchev–Trinajstić information content (AvgIpc) is 3.20. The molecule has 0 bridgehead atoms. The maximum absolute atomic E-state index is 11.7. The summed E-state index contributed by atoms with van der Waals surface area (Å²) in [6.07, 6.45) is 0.997. The van der Waals surface area contributed by atoms with E-state index in [0.717, 1.165) is 87.5 Å². The summed E-state index contributed by atoms with van der Waals surface area (Å²) in [5.74, 6) is 2.93. The van der Waals surface area contributed by atoms with Gasteiger partial charge in [0.05, 0.1) is 13.2 Å². The van der Waals surface area contributed by atoms with Gasteiger partial charge in [0.15, 0.2) is 11.4 Å². The first-order chi connectivity index (χ1) is 17.8. The summed E-state index contributed by atoms with van der Waals surface area (Å²) in [4.78, 5) is 26.6. The van der Waals surface area contributed by atoms with Crippen LogP contribution in [0.2, 0.25) is 0 Å². The van der Waals surface area contributed by atoms with Gasteiger partial charge in [0.1, 0.15) is 11.3 Å². The molecule has 37 heavy (non-hydrogen) atoms. The van der Waals surface area contributed by atoms with Crippen molar-refractivity contribution in [3.63, 3.8) is 0 Å². The second kappa shape index (κ2) is 12.5. The number of imidazole rings is 1. The molecule has 0 atom stereocenters. The highest BCUT2D eigenvalue weighted by Gasteiger charge is 2.18. The van der Waals surface area contributed by atoms with Crippen LogP contribution in [0.4, 0.5) is 17.5 Å². The van der Waals surface area contributed by atoms with Crippen molar-refractivity contribution in [3.8, 4) is 0 Å². The van der Waals surface area contributed by atoms with Crippen LogP contribution in [-0.4, -0.2) is 71.2 Å². The number of rotatable bonds is 12. The van der Waals surface area contributed by atoms with Crippen molar-refractivity contribution in [2.75, 3.05) is 56.2 Å². The zero-order valence-electron chi connectivity index (χ0n) is 23.0. The van der Waals surface area contributed by atoms with Crippen molar-refractivity contribution in [2.45, 2.75) is 47.6 Å². The third kappa shape index (κ3) is 7.29. The number of anilines is 3. The number of aromatic nitrogens is 3. The number of nitrogens with zero attached hydrogens (tertiary/aromatic N) is 5. The summed E-state index contributed by atoms with van der Waals surface area (Å²) >= 11 is 0. The third-order valence-corrected chi connectivity index (χ3v) is 6.58. The van der Waals surface area contributed by atoms with E-state index in [0.29, 0.717) is 17.4 Å². The predicted molar refractivity (Wildman–Crippen MR) is 151 cm³/mol. The van der Waals surface area contributed by atoms with Crippen LogP contribution >= 0.6 is 0 Å². The lowest BCUT2D eigenvalue weighted by molar-refractivity contribution is 0.0370. The molecule has 8 heteroatoms. The minimum absolute atomic E-state index is 0.0611. The molecule has 0 saturated carbocycles. The minimum Gasteiger partial charge on any atom is -0.379 e. The summed E-state index contributed by atoms with van der Waals surface area (Å²) in [6, 6.07) is 11.8. The van der Waals surface area contributed by atoms with Crippen LogP contribution in [0.25, 0.3) is 11.2 Å². The summed E-state index contributed by atoms with van der Waals surface area (Å²) in [5.41, 5.74) is 3.38. The fourth-order valence-corrected chi connectivity index (χ4v) is 4.81. The van der Waals surface area contributed by atoms with E-state index >= 15 is 0 Å². The lowest BCUT2D eigenvalue weighted by Gasteiger charge is -2.27. The van der Waals surface area contributed by atoms with E-state index in [1.165, 1.54) is 0 Å². The number of hydrogen-bond acceptors (Lipinski definition) is 7. The molecule has 0 aliphatic carbocycles. The van der Waals surface area contributed by atoms with E-state index in [2.05, 4.69) is 59.5 Å². The molecular weight excluding hydrogens is 464 g/mol. The van der Waals surface area contributed by atoms with Crippen LogP contribution in [0.15, 0.2) is 36.4 Å². The first-order valence-corrected chi connectivity index (χ1v) is 13.6. The van der Waals surface area contributed by atoms with Crippen molar-refractivity contribution in [2.24, 2.45) is 11.8 Å². The molecule has 1 saturated heterocycles. The lowest BCUT2D eigenvalue weighted by Crippen LogP contribution is -2.37. The molecular formula is C29H42N6O2. The van der Waals surface area contributed by atoms with Crippen molar-refractivity contribution in [3.05, 3.63) is 42.0 Å². The fraction of sp³-hybridized carbons (Fsp3) is 0.552. The van der Waals surface area contributed by atoms with Crippen molar-refractivity contribution in [1.29, 1.82) is 0 Å². The number of ketones is 1. The quantitative estimate of drug-likeness (QED) is 0.338. The zero-order valence-corrected chi connectivity index (χ0v) is 23.0. The van der Waals surface area contributed by atoms with Crippen LogP contribution < -0.4 is 10.2 Å². The molecule has 3 heterocycles. The number of pyridine rings is 1. The van der Waals surface area contributed by atoms with Crippen molar-refractivity contribution in [1.82, 2.24) is 19.4 Å². The van der Waals surface area contributed by atoms with E-state index in [-0.39, 0.29) is 5.78 Å². The van der Waals surface area contributed by atoms with E-state index < -0.39 is 0 Å². The number of carbonyl (C=O) groups is 1. The standard InChI is InChI=1S/C29H42N6O2/c1-21(2)19-34(20-22(3)4)27-12-11-26-28(32-27)35(14-6-13-33-15-17-37-18-16-33)29(31-26)30-25-9-7-24(8-10-25)23(5)36/h7-12,21-22H,6,13-20H2,1-5H3,(H,30,31). The van der Waals surface area contributed by atoms with Crippen molar-refractivity contribution < 1.29 is 9.53 Å². The molecule has 1 fully saturated rings. The van der Waals surface area contributed by atoms with Gasteiger partial charge in [-0.3, -0.25) is 14.3 Å². The van der Waals surface area contributed by atoms with Crippen LogP contribution in [0.5, 0.6) is 0 Å². The number of aryl methyl sites for hydroxylation is 1. The molecule has 0 radical (unpaired) electrons. The second-order valence-electron chi connectivity index (χ2n) is 10.9. The highest BCUT2D eigenvalue weighted by molar-refractivity contribution is 5.94.